The van der Waals surface area contributed by atoms with Crippen molar-refractivity contribution in [2.75, 3.05) is 19.6 Å². The van der Waals surface area contributed by atoms with E-state index in [-0.39, 0.29) is 11.9 Å². The number of nitrogens with one attached hydrogen (secondary N) is 1. The number of piperidine rings is 1. The maximum atomic E-state index is 12.9. The summed E-state index contributed by atoms with van der Waals surface area (Å²) in [6.45, 7) is 8.69. The third kappa shape index (κ3) is 4.28. The molecule has 6 heteroatoms. The summed E-state index contributed by atoms with van der Waals surface area (Å²) in [7, 11) is 0. The quantitative estimate of drug-likeness (QED) is 0.539. The molecule has 1 unspecified atom stereocenters. The number of benzene rings is 1. The Balaban J connectivity index is 1.52. The summed E-state index contributed by atoms with van der Waals surface area (Å²) in [5.74, 6) is 2.73. The monoisotopic (exact) mass is 458 g/mol. The Morgan fingerprint density at radius 3 is 2.66 bits per heavy atom. The highest BCUT2D eigenvalue weighted by Gasteiger charge is 2.28. The van der Waals surface area contributed by atoms with Gasteiger partial charge in [0.15, 0.2) is 5.76 Å². The first-order valence-electron chi connectivity index (χ1n) is 10.2. The van der Waals surface area contributed by atoms with Gasteiger partial charge in [0.25, 0.3) is 5.91 Å². The van der Waals surface area contributed by atoms with E-state index in [1.807, 2.05) is 44.2 Å². The van der Waals surface area contributed by atoms with Gasteiger partial charge in [-0.1, -0.05) is 22.9 Å². The zero-order chi connectivity index (χ0) is 20.5. The normalized spacial score (nSPS) is 17.0. The molecular weight excluding hydrogens is 432 g/mol. The molecule has 1 saturated heterocycles. The van der Waals surface area contributed by atoms with E-state index in [1.165, 1.54) is 12.8 Å². The number of rotatable bonds is 5. The van der Waals surface area contributed by atoms with Crippen molar-refractivity contribution in [3.63, 3.8) is 0 Å². The third-order valence-corrected chi connectivity index (χ3v) is 6.40. The average Bonchev–Trinajstić information content (AvgIpc) is 3.26. The average molecular weight is 459 g/mol. The number of carbonyl (C=O) groups is 1. The minimum Gasteiger partial charge on any atom is -0.465 e. The van der Waals surface area contributed by atoms with E-state index in [4.69, 9.17) is 8.83 Å². The van der Waals surface area contributed by atoms with E-state index in [9.17, 15) is 4.79 Å². The molecule has 4 rings (SSSR count). The molecule has 154 valence electrons. The van der Waals surface area contributed by atoms with Crippen LogP contribution in [0.1, 0.15) is 53.4 Å². The van der Waals surface area contributed by atoms with E-state index in [2.05, 4.69) is 33.1 Å². The first-order chi connectivity index (χ1) is 13.9. The fourth-order valence-corrected chi connectivity index (χ4v) is 4.41. The highest BCUT2D eigenvalue weighted by atomic mass is 79.9. The second-order valence-electron chi connectivity index (χ2n) is 8.09. The van der Waals surface area contributed by atoms with Gasteiger partial charge in [-0.05, 0) is 76.0 Å². The maximum Gasteiger partial charge on any atom is 0.287 e. The van der Waals surface area contributed by atoms with Crippen LogP contribution in [0.25, 0.3) is 11.0 Å². The molecule has 0 spiro atoms. The summed E-state index contributed by atoms with van der Waals surface area (Å²) in [4.78, 5) is 15.3. The summed E-state index contributed by atoms with van der Waals surface area (Å²) in [5, 5.41) is 4.05. The lowest BCUT2D eigenvalue weighted by molar-refractivity contribution is 0.0871. The number of fused-ring (bicyclic) bond motifs is 1. The van der Waals surface area contributed by atoms with Gasteiger partial charge in [-0.2, -0.15) is 0 Å². The van der Waals surface area contributed by atoms with Crippen molar-refractivity contribution in [2.45, 2.75) is 39.7 Å². The van der Waals surface area contributed by atoms with Crippen LogP contribution in [-0.2, 0) is 0 Å². The minimum absolute atomic E-state index is 0.0268. The highest BCUT2D eigenvalue weighted by Crippen LogP contribution is 2.30. The van der Waals surface area contributed by atoms with Gasteiger partial charge in [-0.15, -0.1) is 0 Å². The Morgan fingerprint density at radius 1 is 1.21 bits per heavy atom. The molecule has 1 atom stereocenters. The van der Waals surface area contributed by atoms with E-state index in [0.717, 1.165) is 46.0 Å². The number of furan rings is 2. The first-order valence-corrected chi connectivity index (χ1v) is 11.0. The van der Waals surface area contributed by atoms with Crippen molar-refractivity contribution >= 4 is 32.8 Å². The number of halogens is 1. The lowest BCUT2D eigenvalue weighted by Gasteiger charge is -2.35. The van der Waals surface area contributed by atoms with Gasteiger partial charge < -0.3 is 14.2 Å². The van der Waals surface area contributed by atoms with Gasteiger partial charge in [0.05, 0.1) is 6.04 Å². The molecule has 1 aromatic carbocycles. The standard InChI is InChI=1S/C23H27BrN2O3/c1-14-8-10-26(11-9-14)19(20-7-4-15(2)28-20)13-25-23(27)22-16(3)18-6-5-17(24)12-21(18)29-22/h4-7,12,14,19H,8-11,13H2,1-3H3,(H,25,27). The third-order valence-electron chi connectivity index (χ3n) is 5.91. The largest absolute Gasteiger partial charge is 0.465 e. The molecule has 29 heavy (non-hydrogen) atoms. The Labute approximate surface area is 179 Å². The Bertz CT molecular complexity index is 1010. The molecule has 1 amide bonds. The van der Waals surface area contributed by atoms with Gasteiger partial charge in [0.2, 0.25) is 0 Å². The minimum atomic E-state index is -0.187. The molecule has 3 heterocycles. The van der Waals surface area contributed by atoms with Crippen LogP contribution in [0.2, 0.25) is 0 Å². The van der Waals surface area contributed by atoms with Crippen molar-refractivity contribution in [1.29, 1.82) is 0 Å². The lowest BCUT2D eigenvalue weighted by Crippen LogP contribution is -2.41. The van der Waals surface area contributed by atoms with Crippen LogP contribution in [0.5, 0.6) is 0 Å². The summed E-state index contributed by atoms with van der Waals surface area (Å²) < 4.78 is 12.7. The summed E-state index contributed by atoms with van der Waals surface area (Å²) >= 11 is 3.45. The SMILES string of the molecule is Cc1ccc(C(CNC(=O)c2oc3cc(Br)ccc3c2C)N2CCC(C)CC2)o1. The van der Waals surface area contributed by atoms with Crippen LogP contribution in [-0.4, -0.2) is 30.4 Å². The van der Waals surface area contributed by atoms with E-state index >= 15 is 0 Å². The van der Waals surface area contributed by atoms with Gasteiger partial charge >= 0.3 is 0 Å². The topological polar surface area (TPSA) is 58.6 Å². The van der Waals surface area contributed by atoms with Crippen molar-refractivity contribution in [2.24, 2.45) is 5.92 Å². The predicted octanol–water partition coefficient (Wildman–Crippen LogP) is 5.61. The fraction of sp³-hybridized carbons (Fsp3) is 0.435. The maximum absolute atomic E-state index is 12.9. The van der Waals surface area contributed by atoms with Crippen LogP contribution in [0, 0.1) is 19.8 Å². The van der Waals surface area contributed by atoms with Gasteiger partial charge in [-0.3, -0.25) is 9.69 Å². The van der Waals surface area contributed by atoms with Crippen molar-refractivity contribution < 1.29 is 13.6 Å². The molecule has 0 aliphatic carbocycles. The van der Waals surface area contributed by atoms with E-state index in [1.54, 1.807) is 0 Å². The van der Waals surface area contributed by atoms with Crippen molar-refractivity contribution in [3.05, 3.63) is 57.6 Å². The summed E-state index contributed by atoms with van der Waals surface area (Å²) in [6, 6.07) is 9.85. The summed E-state index contributed by atoms with van der Waals surface area (Å²) in [6.07, 6.45) is 2.34. The number of carbonyl (C=O) groups excluding carboxylic acids is 1. The molecule has 0 radical (unpaired) electrons. The molecular formula is C23H27BrN2O3. The van der Waals surface area contributed by atoms with Gasteiger partial charge in [-0.25, -0.2) is 0 Å². The summed E-state index contributed by atoms with van der Waals surface area (Å²) in [5.41, 5.74) is 1.58. The smallest absolute Gasteiger partial charge is 0.287 e. The molecule has 0 bridgehead atoms. The number of nitrogens with zero attached hydrogens (tertiary/aromatic N) is 1. The Morgan fingerprint density at radius 2 is 1.97 bits per heavy atom. The number of hydrogen-bond acceptors (Lipinski definition) is 4. The Kier molecular flexibility index (Phi) is 5.83. The lowest BCUT2D eigenvalue weighted by atomic mass is 9.97. The van der Waals surface area contributed by atoms with Crippen molar-refractivity contribution in [1.82, 2.24) is 10.2 Å². The zero-order valence-electron chi connectivity index (χ0n) is 17.1. The van der Waals surface area contributed by atoms with Crippen molar-refractivity contribution in [3.8, 4) is 0 Å². The van der Waals surface area contributed by atoms with Crippen LogP contribution >= 0.6 is 15.9 Å². The second-order valence-corrected chi connectivity index (χ2v) is 9.01. The second kappa shape index (κ2) is 8.36. The number of likely N-dealkylation sites (tertiary alicyclic amines) is 1. The molecule has 1 fully saturated rings. The molecule has 3 aromatic rings. The molecule has 2 aromatic heterocycles. The van der Waals surface area contributed by atoms with E-state index in [0.29, 0.717) is 17.9 Å². The number of hydrogen-bond donors (Lipinski definition) is 1. The fourth-order valence-electron chi connectivity index (χ4n) is 4.07. The van der Waals surface area contributed by atoms with Crippen LogP contribution in [0.4, 0.5) is 0 Å². The van der Waals surface area contributed by atoms with Crippen LogP contribution in [0.3, 0.4) is 0 Å². The first kappa shape index (κ1) is 20.2. The molecule has 0 saturated carbocycles. The number of amides is 1. The molecule has 5 nitrogen and oxygen atoms in total. The molecule has 1 aliphatic heterocycles. The highest BCUT2D eigenvalue weighted by molar-refractivity contribution is 9.10. The van der Waals surface area contributed by atoms with Gasteiger partial charge in [0, 0.05) is 22.0 Å². The predicted molar refractivity (Wildman–Crippen MR) is 117 cm³/mol. The number of aryl methyl sites for hydroxylation is 2. The Hall–Kier alpha value is -2.05. The van der Waals surface area contributed by atoms with Gasteiger partial charge in [0.1, 0.15) is 17.1 Å². The van der Waals surface area contributed by atoms with Crippen LogP contribution < -0.4 is 5.32 Å². The zero-order valence-corrected chi connectivity index (χ0v) is 18.7. The molecule has 1 aliphatic rings. The molecule has 1 N–H and O–H groups in total. The van der Waals surface area contributed by atoms with E-state index < -0.39 is 0 Å². The van der Waals surface area contributed by atoms with Crippen LogP contribution in [0.15, 0.2) is 43.6 Å².